The van der Waals surface area contributed by atoms with Crippen molar-refractivity contribution in [3.05, 3.63) is 88.7 Å². The van der Waals surface area contributed by atoms with Crippen LogP contribution < -0.4 is 15.4 Å². The van der Waals surface area contributed by atoms with Gasteiger partial charge in [0.2, 0.25) is 11.8 Å². The molecule has 43 heavy (non-hydrogen) atoms. The van der Waals surface area contributed by atoms with Crippen LogP contribution in [-0.2, 0) is 27.2 Å². The van der Waals surface area contributed by atoms with Gasteiger partial charge in [0, 0.05) is 38.2 Å². The maximum absolute atomic E-state index is 13.8. The first-order valence-electron chi connectivity index (χ1n) is 14.5. The molecular formula is C33H36N4O6. The lowest BCUT2D eigenvalue weighted by molar-refractivity contribution is -0.142. The number of aromatic nitrogens is 1. The molecule has 1 atom stereocenters. The number of hydrogen-bond donors (Lipinski definition) is 3. The number of pyridine rings is 1. The van der Waals surface area contributed by atoms with E-state index in [1.807, 2.05) is 44.2 Å². The maximum Gasteiger partial charge on any atom is 0.326 e. The minimum atomic E-state index is -1.14. The highest BCUT2D eigenvalue weighted by atomic mass is 16.5. The molecule has 0 saturated carbocycles. The molecule has 1 fully saturated rings. The van der Waals surface area contributed by atoms with Gasteiger partial charge in [-0.05, 0) is 80.6 Å². The number of rotatable bonds is 2. The molecule has 3 aromatic rings. The third-order valence-corrected chi connectivity index (χ3v) is 8.26. The van der Waals surface area contributed by atoms with Gasteiger partial charge in [-0.3, -0.25) is 19.4 Å². The number of aryl methyl sites for hydroxylation is 2. The average Bonchev–Trinajstić information content (AvgIpc) is 2.97. The molecular weight excluding hydrogens is 548 g/mol. The van der Waals surface area contributed by atoms with E-state index in [0.29, 0.717) is 55.1 Å². The van der Waals surface area contributed by atoms with E-state index in [4.69, 9.17) is 4.74 Å². The largest absolute Gasteiger partial charge is 0.480 e. The summed E-state index contributed by atoms with van der Waals surface area (Å²) in [5.41, 5.74) is 2.92. The standard InChI is InChI=1S/C33H36N4O6/c1-21-6-11-27(22(2)35-21)30(39)37-16-13-33(14-17-37)20-24-4-3-5-26(18-24)43-25-9-7-23(8-10-25)19-28(31(40)41)36-29(38)12-15-34-32(33)42/h3-11,18,28H,12-17,19-20H2,1-2H3,(H,34,42)(H,36,38)(H,40,41)/t28-/m0/s1. The lowest BCUT2D eigenvalue weighted by atomic mass is 9.72. The van der Waals surface area contributed by atoms with Gasteiger partial charge in [-0.25, -0.2) is 4.79 Å². The van der Waals surface area contributed by atoms with Gasteiger partial charge in [0.05, 0.1) is 16.7 Å². The fourth-order valence-electron chi connectivity index (χ4n) is 5.82. The molecule has 1 saturated heterocycles. The van der Waals surface area contributed by atoms with Crippen molar-refractivity contribution < 1.29 is 29.0 Å². The summed E-state index contributed by atoms with van der Waals surface area (Å²) >= 11 is 0. The Kier molecular flexibility index (Phi) is 8.75. The number of aliphatic carboxylic acids is 1. The topological polar surface area (TPSA) is 138 Å². The molecule has 2 aromatic carbocycles. The minimum absolute atomic E-state index is 0.0574. The fraction of sp³-hybridized carbons (Fsp3) is 0.364. The number of nitrogens with zero attached hydrogens (tertiary/aromatic N) is 2. The monoisotopic (exact) mass is 584 g/mol. The number of nitrogens with one attached hydrogen (secondary N) is 2. The van der Waals surface area contributed by atoms with Gasteiger partial charge >= 0.3 is 5.97 Å². The highest BCUT2D eigenvalue weighted by Gasteiger charge is 2.42. The van der Waals surface area contributed by atoms with Crippen molar-refractivity contribution in [2.45, 2.75) is 52.0 Å². The van der Waals surface area contributed by atoms with E-state index in [1.54, 1.807) is 35.2 Å². The molecule has 0 unspecified atom stereocenters. The molecule has 224 valence electrons. The summed E-state index contributed by atoms with van der Waals surface area (Å²) in [6.07, 6.45) is 1.35. The van der Waals surface area contributed by atoms with E-state index in [0.717, 1.165) is 16.8 Å². The summed E-state index contributed by atoms with van der Waals surface area (Å²) < 4.78 is 6.08. The van der Waals surface area contributed by atoms with Gasteiger partial charge < -0.3 is 25.4 Å². The molecule has 0 aliphatic carbocycles. The number of hydrogen-bond acceptors (Lipinski definition) is 6. The minimum Gasteiger partial charge on any atom is -0.480 e. The van der Waals surface area contributed by atoms with Gasteiger partial charge in [0.1, 0.15) is 17.5 Å². The molecule has 3 aliphatic rings. The van der Waals surface area contributed by atoms with Crippen LogP contribution in [0.1, 0.15) is 52.1 Å². The summed E-state index contributed by atoms with van der Waals surface area (Å²) in [5.74, 6) is -0.700. The van der Waals surface area contributed by atoms with Crippen molar-refractivity contribution in [1.29, 1.82) is 0 Å². The molecule has 6 rings (SSSR count). The van der Waals surface area contributed by atoms with Gasteiger partial charge in [0.15, 0.2) is 0 Å². The Balaban J connectivity index is 1.40. The Hall–Kier alpha value is -4.73. The van der Waals surface area contributed by atoms with Gasteiger partial charge in [-0.1, -0.05) is 24.3 Å². The lowest BCUT2D eigenvalue weighted by Crippen LogP contribution is -2.52. The van der Waals surface area contributed by atoms with E-state index in [1.165, 1.54) is 0 Å². The second kappa shape index (κ2) is 12.6. The van der Waals surface area contributed by atoms with E-state index in [9.17, 15) is 24.3 Å². The zero-order valence-corrected chi connectivity index (χ0v) is 24.4. The van der Waals surface area contributed by atoms with Crippen molar-refractivity contribution in [3.63, 3.8) is 0 Å². The predicted molar refractivity (Wildman–Crippen MR) is 159 cm³/mol. The van der Waals surface area contributed by atoms with E-state index in [-0.39, 0.29) is 31.2 Å². The number of carboxylic acid groups (broad SMARTS) is 1. The highest BCUT2D eigenvalue weighted by Crippen LogP contribution is 2.37. The summed E-state index contributed by atoms with van der Waals surface area (Å²) in [7, 11) is 0. The van der Waals surface area contributed by atoms with Crippen LogP contribution in [0, 0.1) is 19.3 Å². The highest BCUT2D eigenvalue weighted by molar-refractivity contribution is 5.95. The van der Waals surface area contributed by atoms with Gasteiger partial charge in [0.25, 0.3) is 5.91 Å². The number of piperidine rings is 1. The Labute approximate surface area is 250 Å². The van der Waals surface area contributed by atoms with E-state index < -0.39 is 23.3 Å². The Bertz CT molecular complexity index is 1530. The van der Waals surface area contributed by atoms with E-state index in [2.05, 4.69) is 15.6 Å². The second-order valence-corrected chi connectivity index (χ2v) is 11.4. The third-order valence-electron chi connectivity index (χ3n) is 8.26. The van der Waals surface area contributed by atoms with E-state index >= 15 is 0 Å². The van der Waals surface area contributed by atoms with Crippen molar-refractivity contribution >= 4 is 23.7 Å². The van der Waals surface area contributed by atoms with Crippen molar-refractivity contribution in [3.8, 4) is 11.5 Å². The number of ether oxygens (including phenoxy) is 1. The van der Waals surface area contributed by atoms with Crippen LogP contribution in [0.3, 0.4) is 0 Å². The summed E-state index contributed by atoms with van der Waals surface area (Å²) in [6, 6.07) is 17.2. The van der Waals surface area contributed by atoms with Crippen LogP contribution in [-0.4, -0.2) is 64.4 Å². The first-order chi connectivity index (χ1) is 20.6. The number of likely N-dealkylation sites (tertiary alicyclic amines) is 1. The molecule has 3 amide bonds. The fourth-order valence-corrected chi connectivity index (χ4v) is 5.82. The number of fused-ring (bicyclic) bond motifs is 9. The van der Waals surface area contributed by atoms with Crippen molar-refractivity contribution in [2.24, 2.45) is 5.41 Å². The summed E-state index contributed by atoms with van der Waals surface area (Å²) in [5, 5.41) is 15.2. The van der Waals surface area contributed by atoms with Crippen LogP contribution in [0.2, 0.25) is 0 Å². The van der Waals surface area contributed by atoms with Crippen LogP contribution >= 0.6 is 0 Å². The smallest absolute Gasteiger partial charge is 0.326 e. The van der Waals surface area contributed by atoms with Crippen LogP contribution in [0.5, 0.6) is 11.5 Å². The summed E-state index contributed by atoms with van der Waals surface area (Å²) in [6.45, 7) is 4.55. The SMILES string of the molecule is Cc1ccc(C(=O)N2CCC3(CC2)Cc2cccc(c2)Oc2ccc(cc2)C[C@@H](C(=O)O)NC(=O)CCNC3=O)c(C)n1. The molecule has 1 aromatic heterocycles. The van der Waals surface area contributed by atoms with Crippen molar-refractivity contribution in [1.82, 2.24) is 20.5 Å². The number of carbonyl (C=O) groups is 4. The first-order valence-corrected chi connectivity index (χ1v) is 14.5. The third kappa shape index (κ3) is 7.02. The molecule has 4 heterocycles. The molecule has 10 heteroatoms. The van der Waals surface area contributed by atoms with Gasteiger partial charge in [-0.15, -0.1) is 0 Å². The number of benzene rings is 2. The maximum atomic E-state index is 13.8. The predicted octanol–water partition coefficient (Wildman–Crippen LogP) is 3.59. The van der Waals surface area contributed by atoms with Gasteiger partial charge in [-0.2, -0.15) is 0 Å². The average molecular weight is 585 g/mol. The molecule has 1 spiro atoms. The van der Waals surface area contributed by atoms with Crippen LogP contribution in [0.4, 0.5) is 0 Å². The second-order valence-electron chi connectivity index (χ2n) is 11.4. The quantitative estimate of drug-likeness (QED) is 0.419. The molecule has 4 bridgehead atoms. The zero-order valence-electron chi connectivity index (χ0n) is 24.4. The molecule has 3 aliphatic heterocycles. The van der Waals surface area contributed by atoms with Crippen LogP contribution in [0.25, 0.3) is 0 Å². The molecule has 10 nitrogen and oxygen atoms in total. The Morgan fingerprint density at radius 3 is 2.42 bits per heavy atom. The Morgan fingerprint density at radius 2 is 1.72 bits per heavy atom. The van der Waals surface area contributed by atoms with Crippen molar-refractivity contribution in [2.75, 3.05) is 19.6 Å². The Morgan fingerprint density at radius 1 is 0.977 bits per heavy atom. The number of carbonyl (C=O) groups excluding carboxylic acids is 3. The normalized spacial score (nSPS) is 19.0. The lowest BCUT2D eigenvalue weighted by Gasteiger charge is -2.41. The summed E-state index contributed by atoms with van der Waals surface area (Å²) in [4.78, 5) is 57.8. The zero-order chi connectivity index (χ0) is 30.6. The number of amides is 3. The molecule has 3 N–H and O–H groups in total. The molecule has 0 radical (unpaired) electrons. The van der Waals surface area contributed by atoms with Crippen LogP contribution in [0.15, 0.2) is 60.7 Å². The first kappa shape index (κ1) is 29.8. The number of carboxylic acids is 1.